The molecule has 32 heavy (non-hydrogen) atoms. The van der Waals surface area contributed by atoms with Crippen LogP contribution in [0.4, 0.5) is 0 Å². The lowest BCUT2D eigenvalue weighted by Gasteiger charge is -2.16. The molecule has 160 valence electrons. The van der Waals surface area contributed by atoms with Gasteiger partial charge in [-0.15, -0.1) is 0 Å². The van der Waals surface area contributed by atoms with Crippen LogP contribution < -0.4 is 10.1 Å². The van der Waals surface area contributed by atoms with Crippen molar-refractivity contribution in [2.24, 2.45) is 0 Å². The molecule has 1 heterocycles. The van der Waals surface area contributed by atoms with Crippen LogP contribution in [0.25, 0.3) is 10.9 Å². The molecule has 6 nitrogen and oxygen atoms in total. The first-order chi connectivity index (χ1) is 15.6. The van der Waals surface area contributed by atoms with Gasteiger partial charge in [-0.3, -0.25) is 9.78 Å². The van der Waals surface area contributed by atoms with Crippen LogP contribution in [-0.4, -0.2) is 28.0 Å². The number of hydrogen-bond donors (Lipinski definition) is 2. The zero-order valence-corrected chi connectivity index (χ0v) is 17.3. The number of para-hydroxylation sites is 1. The predicted molar refractivity (Wildman–Crippen MR) is 122 cm³/mol. The van der Waals surface area contributed by atoms with E-state index in [1.54, 1.807) is 24.4 Å². The summed E-state index contributed by atoms with van der Waals surface area (Å²) >= 11 is 0. The number of hydrogen-bond acceptors (Lipinski definition) is 4. The largest absolute Gasteiger partial charge is 0.489 e. The minimum atomic E-state index is -1.10. The van der Waals surface area contributed by atoms with Crippen LogP contribution in [0.2, 0.25) is 0 Å². The molecule has 1 aromatic heterocycles. The van der Waals surface area contributed by atoms with Crippen molar-refractivity contribution in [2.75, 3.05) is 0 Å². The van der Waals surface area contributed by atoms with E-state index in [1.165, 1.54) is 0 Å². The molecule has 0 unspecified atom stereocenters. The smallest absolute Gasteiger partial charge is 0.326 e. The maximum atomic E-state index is 12.9. The molecule has 3 aromatic carbocycles. The second-order valence-electron chi connectivity index (χ2n) is 7.37. The topological polar surface area (TPSA) is 88.5 Å². The van der Waals surface area contributed by atoms with Gasteiger partial charge in [-0.1, -0.05) is 60.7 Å². The number of pyridine rings is 1. The first-order valence-corrected chi connectivity index (χ1v) is 10.2. The predicted octanol–water partition coefficient (Wildman–Crippen LogP) is 4.24. The minimum Gasteiger partial charge on any atom is -0.489 e. The number of carboxylic acids is 1. The second-order valence-corrected chi connectivity index (χ2v) is 7.37. The van der Waals surface area contributed by atoms with Crippen molar-refractivity contribution < 1.29 is 19.4 Å². The van der Waals surface area contributed by atoms with Crippen molar-refractivity contribution in [1.29, 1.82) is 0 Å². The summed E-state index contributed by atoms with van der Waals surface area (Å²) in [6.45, 7) is 0.415. The molecule has 0 saturated carbocycles. The molecule has 4 rings (SSSR count). The SMILES string of the molecule is O=C(N[C@@H](Cc1cccc(OCc2ccccc2)c1)C(=O)O)c1ccnc2ccccc12. The standard InChI is InChI=1S/C26H22N2O4/c29-25(22-13-14-27-23-12-5-4-11-21(22)23)28-24(26(30)31)16-19-9-6-10-20(15-19)32-17-18-7-2-1-3-8-18/h1-15,24H,16-17H2,(H,28,29)(H,30,31)/t24-/m0/s1. The van der Waals surface area contributed by atoms with E-state index in [0.29, 0.717) is 28.8 Å². The Morgan fingerprint density at radius 2 is 1.66 bits per heavy atom. The van der Waals surface area contributed by atoms with Crippen LogP contribution >= 0.6 is 0 Å². The number of carboxylic acid groups (broad SMARTS) is 1. The van der Waals surface area contributed by atoms with Crippen LogP contribution in [-0.2, 0) is 17.8 Å². The Balaban J connectivity index is 1.46. The summed E-state index contributed by atoms with van der Waals surface area (Å²) in [5, 5.41) is 13.0. The highest BCUT2D eigenvalue weighted by atomic mass is 16.5. The van der Waals surface area contributed by atoms with Gasteiger partial charge in [0.2, 0.25) is 0 Å². The molecule has 1 amide bonds. The summed E-state index contributed by atoms with van der Waals surface area (Å²) in [5.74, 6) is -0.915. The van der Waals surface area contributed by atoms with E-state index in [-0.39, 0.29) is 6.42 Å². The average molecular weight is 426 g/mol. The molecule has 6 heteroatoms. The highest BCUT2D eigenvalue weighted by Gasteiger charge is 2.22. The first-order valence-electron chi connectivity index (χ1n) is 10.2. The number of carbonyl (C=O) groups is 2. The van der Waals surface area contributed by atoms with E-state index < -0.39 is 17.9 Å². The van der Waals surface area contributed by atoms with Crippen molar-refractivity contribution in [3.8, 4) is 5.75 Å². The summed E-state index contributed by atoms with van der Waals surface area (Å²) in [4.78, 5) is 29.0. The molecule has 2 N–H and O–H groups in total. The molecule has 0 radical (unpaired) electrons. The first kappa shape index (κ1) is 21.1. The van der Waals surface area contributed by atoms with Gasteiger partial charge in [-0.05, 0) is 35.4 Å². The third-order valence-electron chi connectivity index (χ3n) is 5.08. The molecular weight excluding hydrogens is 404 g/mol. The fourth-order valence-electron chi connectivity index (χ4n) is 3.47. The number of rotatable bonds is 8. The van der Waals surface area contributed by atoms with Gasteiger partial charge in [0.15, 0.2) is 0 Å². The summed E-state index contributed by atoms with van der Waals surface area (Å²) in [7, 11) is 0. The molecule has 1 atom stereocenters. The van der Waals surface area contributed by atoms with Crippen LogP contribution in [0.5, 0.6) is 5.75 Å². The fraction of sp³-hybridized carbons (Fsp3) is 0.115. The summed E-state index contributed by atoms with van der Waals surface area (Å²) in [6.07, 6.45) is 1.67. The number of aromatic nitrogens is 1. The van der Waals surface area contributed by atoms with E-state index in [0.717, 1.165) is 11.1 Å². The monoisotopic (exact) mass is 426 g/mol. The number of ether oxygens (including phenoxy) is 1. The maximum Gasteiger partial charge on any atom is 0.326 e. The van der Waals surface area contributed by atoms with Gasteiger partial charge in [0, 0.05) is 18.0 Å². The van der Waals surface area contributed by atoms with Gasteiger partial charge in [0.25, 0.3) is 5.91 Å². The summed E-state index contributed by atoms with van der Waals surface area (Å²) < 4.78 is 5.83. The van der Waals surface area contributed by atoms with Gasteiger partial charge in [-0.25, -0.2) is 4.79 Å². The fourth-order valence-corrected chi connectivity index (χ4v) is 3.47. The molecular formula is C26H22N2O4. The number of amides is 1. The van der Waals surface area contributed by atoms with Crippen molar-refractivity contribution >= 4 is 22.8 Å². The van der Waals surface area contributed by atoms with E-state index in [1.807, 2.05) is 66.7 Å². The molecule has 4 aromatic rings. The quantitative estimate of drug-likeness (QED) is 0.440. The number of nitrogens with zero attached hydrogens (tertiary/aromatic N) is 1. The number of carbonyl (C=O) groups excluding carboxylic acids is 1. The highest BCUT2D eigenvalue weighted by molar-refractivity contribution is 6.06. The number of benzene rings is 3. The second kappa shape index (κ2) is 9.75. The Morgan fingerprint density at radius 3 is 2.47 bits per heavy atom. The number of nitrogens with one attached hydrogen (secondary N) is 1. The van der Waals surface area contributed by atoms with Crippen LogP contribution in [0.1, 0.15) is 21.5 Å². The van der Waals surface area contributed by atoms with Crippen LogP contribution in [0, 0.1) is 0 Å². The molecule has 0 bridgehead atoms. The Morgan fingerprint density at radius 1 is 0.906 bits per heavy atom. The van der Waals surface area contributed by atoms with Gasteiger partial charge >= 0.3 is 5.97 Å². The van der Waals surface area contributed by atoms with E-state index in [9.17, 15) is 14.7 Å². The Bertz CT molecular complexity index is 1240. The van der Waals surface area contributed by atoms with Gasteiger partial charge in [-0.2, -0.15) is 0 Å². The van der Waals surface area contributed by atoms with E-state index >= 15 is 0 Å². The van der Waals surface area contributed by atoms with Crippen LogP contribution in [0.3, 0.4) is 0 Å². The molecule has 0 fully saturated rings. The molecule has 0 spiro atoms. The Hall–Kier alpha value is -4.19. The van der Waals surface area contributed by atoms with E-state index in [2.05, 4.69) is 10.3 Å². The van der Waals surface area contributed by atoms with Gasteiger partial charge in [0.1, 0.15) is 18.4 Å². The van der Waals surface area contributed by atoms with Gasteiger partial charge in [0.05, 0.1) is 11.1 Å². The Kier molecular flexibility index (Phi) is 6.41. The molecule has 0 aliphatic carbocycles. The van der Waals surface area contributed by atoms with Gasteiger partial charge < -0.3 is 15.2 Å². The number of aliphatic carboxylic acids is 1. The minimum absolute atomic E-state index is 0.132. The van der Waals surface area contributed by atoms with Crippen molar-refractivity contribution in [3.63, 3.8) is 0 Å². The zero-order chi connectivity index (χ0) is 22.3. The lowest BCUT2D eigenvalue weighted by molar-refractivity contribution is -0.139. The van der Waals surface area contributed by atoms with E-state index in [4.69, 9.17) is 4.74 Å². The lowest BCUT2D eigenvalue weighted by atomic mass is 10.0. The molecule has 0 saturated heterocycles. The summed E-state index contributed by atoms with van der Waals surface area (Å²) in [5.41, 5.74) is 2.86. The van der Waals surface area contributed by atoms with Crippen molar-refractivity contribution in [2.45, 2.75) is 19.1 Å². The maximum absolute atomic E-state index is 12.9. The van der Waals surface area contributed by atoms with Crippen LogP contribution in [0.15, 0.2) is 91.1 Å². The average Bonchev–Trinajstić information content (AvgIpc) is 2.83. The lowest BCUT2D eigenvalue weighted by Crippen LogP contribution is -2.42. The van der Waals surface area contributed by atoms with Crippen molar-refractivity contribution in [3.05, 3.63) is 108 Å². The Labute approximate surface area is 185 Å². The molecule has 0 aliphatic heterocycles. The summed E-state index contributed by atoms with van der Waals surface area (Å²) in [6, 6.07) is 24.8. The third-order valence-corrected chi connectivity index (χ3v) is 5.08. The number of fused-ring (bicyclic) bond motifs is 1. The zero-order valence-electron chi connectivity index (χ0n) is 17.3. The van der Waals surface area contributed by atoms with Crippen molar-refractivity contribution in [1.82, 2.24) is 10.3 Å². The highest BCUT2D eigenvalue weighted by Crippen LogP contribution is 2.18. The normalized spacial score (nSPS) is 11.6. The molecule has 0 aliphatic rings. The third kappa shape index (κ3) is 5.10.